The van der Waals surface area contributed by atoms with E-state index in [2.05, 4.69) is 20.5 Å². The third-order valence-electron chi connectivity index (χ3n) is 8.71. The van der Waals surface area contributed by atoms with Crippen molar-refractivity contribution in [2.45, 2.75) is 59.2 Å². The number of hydrogen-bond acceptors (Lipinski definition) is 9. The summed E-state index contributed by atoms with van der Waals surface area (Å²) in [6.07, 6.45) is 7.47. The summed E-state index contributed by atoms with van der Waals surface area (Å²) >= 11 is 1.22. The number of aliphatic hydroxyl groups is 1. The maximum atomic E-state index is 13.8. The first-order valence-electron chi connectivity index (χ1n) is 16.4. The number of hydrogen-bond donors (Lipinski definition) is 3. The maximum Gasteiger partial charge on any atom is 0.331 e. The van der Waals surface area contributed by atoms with E-state index in [-0.39, 0.29) is 36.7 Å². The van der Waals surface area contributed by atoms with Crippen LogP contribution < -0.4 is 20.3 Å². The number of rotatable bonds is 11. The first kappa shape index (κ1) is 33.6. The molecule has 0 aliphatic carbocycles. The van der Waals surface area contributed by atoms with Gasteiger partial charge in [0, 0.05) is 49.8 Å². The second kappa shape index (κ2) is 14.4. The largest absolute Gasteiger partial charge is 0.491 e. The number of benzene rings is 1. The zero-order valence-electron chi connectivity index (χ0n) is 27.7. The lowest BCUT2D eigenvalue weighted by Crippen LogP contribution is -2.37. The van der Waals surface area contributed by atoms with Crippen LogP contribution in [0.1, 0.15) is 55.3 Å². The zero-order valence-corrected chi connectivity index (χ0v) is 28.6. The summed E-state index contributed by atoms with van der Waals surface area (Å²) in [5.74, 6) is 0.234. The van der Waals surface area contributed by atoms with Gasteiger partial charge in [-0.25, -0.2) is 9.78 Å². The molecule has 6 rings (SSSR count). The fraction of sp³-hybridized carbons (Fsp3) is 0.429. The quantitative estimate of drug-likeness (QED) is 0.233. The molecule has 3 N–H and O–H groups in total. The van der Waals surface area contributed by atoms with Gasteiger partial charge in [-0.3, -0.25) is 19.4 Å². The summed E-state index contributed by atoms with van der Waals surface area (Å²) in [5, 5.41) is 15.7. The molecule has 2 aromatic heterocycles. The molecule has 1 saturated heterocycles. The number of ether oxygens (including phenoxy) is 2. The number of thiophene rings is 1. The van der Waals surface area contributed by atoms with Crippen molar-refractivity contribution in [1.29, 1.82) is 0 Å². The van der Waals surface area contributed by atoms with E-state index in [9.17, 15) is 14.4 Å². The number of pyridine rings is 1. The maximum absolute atomic E-state index is 13.8. The average Bonchev–Trinajstić information content (AvgIpc) is 3.66. The lowest BCUT2D eigenvalue weighted by molar-refractivity contribution is -0.124. The van der Waals surface area contributed by atoms with Gasteiger partial charge in [0.2, 0.25) is 5.91 Å². The fourth-order valence-corrected chi connectivity index (χ4v) is 7.48. The van der Waals surface area contributed by atoms with Crippen molar-refractivity contribution >= 4 is 56.5 Å². The first-order valence-corrected chi connectivity index (χ1v) is 17.2. The Kier molecular flexibility index (Phi) is 10.1. The van der Waals surface area contributed by atoms with Crippen LogP contribution in [0.4, 0.5) is 21.9 Å². The van der Waals surface area contributed by atoms with Crippen LogP contribution in [0.3, 0.4) is 0 Å². The number of carbonyl (C=O) groups is 3. The molecule has 254 valence electrons. The molecule has 3 aliphatic rings. The summed E-state index contributed by atoms with van der Waals surface area (Å²) < 4.78 is 11.5. The molecule has 12 nitrogen and oxygen atoms in total. The zero-order chi connectivity index (χ0) is 33.9. The summed E-state index contributed by atoms with van der Waals surface area (Å²) in [5.41, 5.74) is 4.03. The van der Waals surface area contributed by atoms with Gasteiger partial charge in [-0.15, -0.1) is 11.3 Å². The van der Waals surface area contributed by atoms with Gasteiger partial charge in [0.25, 0.3) is 5.91 Å². The number of allylic oxidation sites excluding steroid dienone is 2. The number of anilines is 3. The fourth-order valence-electron chi connectivity index (χ4n) is 6.47. The topological polar surface area (TPSA) is 137 Å². The Morgan fingerprint density at radius 1 is 1.21 bits per heavy atom. The number of aryl methyl sites for hydroxylation is 1. The molecule has 1 aromatic carbocycles. The number of likely N-dealkylation sites (tertiary alicyclic amines) is 1. The Labute approximate surface area is 284 Å². The van der Waals surface area contributed by atoms with Crippen LogP contribution in [0.5, 0.6) is 5.75 Å². The normalized spacial score (nSPS) is 18.4. The van der Waals surface area contributed by atoms with Crippen LogP contribution in [-0.2, 0) is 9.53 Å². The van der Waals surface area contributed by atoms with Gasteiger partial charge >= 0.3 is 6.03 Å². The van der Waals surface area contributed by atoms with Gasteiger partial charge in [0.1, 0.15) is 15.5 Å². The van der Waals surface area contributed by atoms with Crippen LogP contribution in [0.25, 0.3) is 10.2 Å². The average molecular weight is 675 g/mol. The monoisotopic (exact) mass is 674 g/mol. The number of nitrogens with zero attached hydrogens (tertiary/aromatic N) is 4. The molecule has 0 saturated carbocycles. The van der Waals surface area contributed by atoms with Crippen LogP contribution >= 0.6 is 11.3 Å². The molecule has 0 bridgehead atoms. The Morgan fingerprint density at radius 2 is 2.04 bits per heavy atom. The third-order valence-corrected chi connectivity index (χ3v) is 9.81. The lowest BCUT2D eigenvalue weighted by Gasteiger charge is -2.30. The molecule has 4 amide bonds. The molecule has 13 heteroatoms. The van der Waals surface area contributed by atoms with E-state index in [0.717, 1.165) is 30.8 Å². The highest BCUT2D eigenvalue weighted by atomic mass is 32.1. The lowest BCUT2D eigenvalue weighted by atomic mass is 10.1. The van der Waals surface area contributed by atoms with Crippen molar-refractivity contribution in [3.63, 3.8) is 0 Å². The van der Waals surface area contributed by atoms with Gasteiger partial charge in [-0.2, -0.15) is 0 Å². The van der Waals surface area contributed by atoms with Crippen LogP contribution in [-0.4, -0.2) is 89.3 Å². The van der Waals surface area contributed by atoms with E-state index >= 15 is 0 Å². The number of aliphatic hydroxyl groups excluding tert-OH is 1. The highest BCUT2D eigenvalue weighted by Gasteiger charge is 2.34. The number of nitrogens with one attached hydrogen (secondary N) is 2. The molecule has 0 unspecified atom stereocenters. The second-order valence-electron chi connectivity index (χ2n) is 12.5. The minimum absolute atomic E-state index is 0.0134. The Hall–Kier alpha value is -4.30. The third kappa shape index (κ3) is 6.95. The van der Waals surface area contributed by atoms with E-state index in [1.165, 1.54) is 11.3 Å². The molecule has 48 heavy (non-hydrogen) atoms. The van der Waals surface area contributed by atoms with Crippen molar-refractivity contribution in [1.82, 2.24) is 20.1 Å². The SMILES string of the molecule is CC1=C(NC(=O)c2sc3nccc4c3c2NC(=O)N4c2ccc(OC(C)C)cc2C)CCCN1C(=O)/C=C/CN1CC[C@@H](OCCO)C1. The van der Waals surface area contributed by atoms with Crippen molar-refractivity contribution in [3.8, 4) is 5.75 Å². The molecular weight excluding hydrogens is 632 g/mol. The Morgan fingerprint density at radius 3 is 2.81 bits per heavy atom. The first-order chi connectivity index (χ1) is 23.1. The van der Waals surface area contributed by atoms with Crippen LogP contribution in [0, 0.1) is 6.92 Å². The van der Waals surface area contributed by atoms with Crippen LogP contribution in [0.2, 0.25) is 0 Å². The minimum atomic E-state index is -0.373. The van der Waals surface area contributed by atoms with Gasteiger partial charge in [0.15, 0.2) is 0 Å². The van der Waals surface area contributed by atoms with Gasteiger partial charge in [-0.1, -0.05) is 6.08 Å². The molecular formula is C35H42N6O6S. The number of amides is 4. The van der Waals surface area contributed by atoms with Crippen molar-refractivity contribution < 1.29 is 29.0 Å². The molecule has 1 atom stereocenters. The molecule has 1 fully saturated rings. The summed E-state index contributed by atoms with van der Waals surface area (Å²) in [6.45, 7) is 10.9. The van der Waals surface area contributed by atoms with Gasteiger partial charge < -0.3 is 30.1 Å². The van der Waals surface area contributed by atoms with Gasteiger partial charge in [-0.05, 0) is 76.8 Å². The van der Waals surface area contributed by atoms with E-state index in [0.29, 0.717) is 76.1 Å². The highest BCUT2D eigenvalue weighted by molar-refractivity contribution is 7.21. The van der Waals surface area contributed by atoms with Crippen molar-refractivity contribution in [2.75, 3.05) is 49.6 Å². The van der Waals surface area contributed by atoms with Crippen molar-refractivity contribution in [2.24, 2.45) is 0 Å². The second-order valence-corrected chi connectivity index (χ2v) is 13.5. The minimum Gasteiger partial charge on any atom is -0.491 e. The summed E-state index contributed by atoms with van der Waals surface area (Å²) in [4.78, 5) is 51.6. The Bertz CT molecular complexity index is 1780. The van der Waals surface area contributed by atoms with E-state index in [4.69, 9.17) is 14.6 Å². The standard InChI is InChI=1S/C35H42N6O6S/c1-21(2)47-24-9-10-27(22(3)19-24)41-28-11-13-36-34-30(28)31(38-35(41)45)32(48-34)33(44)37-26-7-5-15-40(23(26)4)29(43)8-6-14-39-16-12-25(20-39)46-18-17-42/h6,8-11,13,19,21,25,42H,5,7,12,14-18,20H2,1-4H3,(H,37,44)(H,38,45)/b8-6+/t25-/m1/s1. The highest BCUT2D eigenvalue weighted by Crippen LogP contribution is 2.46. The summed E-state index contributed by atoms with van der Waals surface area (Å²) in [7, 11) is 0. The predicted octanol–water partition coefficient (Wildman–Crippen LogP) is 5.30. The summed E-state index contributed by atoms with van der Waals surface area (Å²) in [6, 6.07) is 7.03. The molecule has 3 aromatic rings. The van der Waals surface area contributed by atoms with Crippen LogP contribution in [0.15, 0.2) is 54.0 Å². The molecule has 5 heterocycles. The number of carbonyl (C=O) groups excluding carboxylic acids is 3. The smallest absolute Gasteiger partial charge is 0.331 e. The molecule has 0 radical (unpaired) electrons. The molecule has 0 spiro atoms. The van der Waals surface area contributed by atoms with E-state index < -0.39 is 0 Å². The molecule has 3 aliphatic heterocycles. The van der Waals surface area contributed by atoms with E-state index in [1.807, 2.05) is 52.0 Å². The van der Waals surface area contributed by atoms with Crippen molar-refractivity contribution in [3.05, 3.63) is 64.4 Å². The van der Waals surface area contributed by atoms with E-state index in [1.54, 1.807) is 28.1 Å². The van der Waals surface area contributed by atoms with Gasteiger partial charge in [0.05, 0.1) is 47.9 Å². The predicted molar refractivity (Wildman–Crippen MR) is 186 cm³/mol. The number of aromatic nitrogens is 1. The number of urea groups is 1. The Balaban J connectivity index is 1.18.